The summed E-state index contributed by atoms with van der Waals surface area (Å²) in [6.07, 6.45) is 7.69. The Morgan fingerprint density at radius 2 is 2.15 bits per heavy atom. The second-order valence-corrected chi connectivity index (χ2v) is 7.55. The van der Waals surface area contributed by atoms with Crippen LogP contribution in [0.5, 0.6) is 0 Å². The molecule has 140 valence electrons. The van der Waals surface area contributed by atoms with E-state index < -0.39 is 0 Å². The molecule has 2 aromatic heterocycles. The van der Waals surface area contributed by atoms with Gasteiger partial charge in [0.05, 0.1) is 19.8 Å². The number of halogens is 1. The maximum atomic E-state index is 14.3. The summed E-state index contributed by atoms with van der Waals surface area (Å²) in [5.74, 6) is 1.26. The molecule has 4 heterocycles. The third kappa shape index (κ3) is 3.59. The number of rotatable bonds is 3. The number of aromatic nitrogens is 3. The Bertz CT molecular complexity index is 751. The fourth-order valence-corrected chi connectivity index (χ4v) is 4.22. The van der Waals surface area contributed by atoms with Gasteiger partial charge in [0.2, 0.25) is 0 Å². The van der Waals surface area contributed by atoms with Crippen LogP contribution in [0.25, 0.3) is 0 Å². The van der Waals surface area contributed by atoms with Crippen molar-refractivity contribution in [3.8, 4) is 0 Å². The van der Waals surface area contributed by atoms with Gasteiger partial charge in [0, 0.05) is 50.7 Å². The van der Waals surface area contributed by atoms with Gasteiger partial charge in [0.25, 0.3) is 0 Å². The van der Waals surface area contributed by atoms with Crippen molar-refractivity contribution in [1.82, 2.24) is 19.4 Å². The Morgan fingerprint density at radius 3 is 2.96 bits per heavy atom. The summed E-state index contributed by atoms with van der Waals surface area (Å²) in [7, 11) is 2.03. The summed E-state index contributed by atoms with van der Waals surface area (Å²) >= 11 is 0. The van der Waals surface area contributed by atoms with E-state index in [0.717, 1.165) is 51.5 Å². The number of ether oxygens (including phenoxy) is 1. The average Bonchev–Trinajstić information content (AvgIpc) is 2.92. The number of anilines is 1. The van der Waals surface area contributed by atoms with E-state index >= 15 is 0 Å². The Morgan fingerprint density at radius 1 is 1.23 bits per heavy atom. The first-order chi connectivity index (χ1) is 12.7. The highest BCUT2D eigenvalue weighted by Crippen LogP contribution is 2.35. The van der Waals surface area contributed by atoms with E-state index in [0.29, 0.717) is 19.0 Å². The standard InChI is InChI=1S/C19H26FN5O/c1-23-9-7-21-17(23)12-24-8-3-5-19(13-24)14-25(10-11-26-15-19)18-16(20)4-2-6-22-18/h2,4,6-7,9H,3,5,8,10-15H2,1H3. The van der Waals surface area contributed by atoms with Crippen molar-refractivity contribution in [2.24, 2.45) is 12.5 Å². The summed E-state index contributed by atoms with van der Waals surface area (Å²) in [5.41, 5.74) is 0.00384. The van der Waals surface area contributed by atoms with Gasteiger partial charge in [-0.05, 0) is 31.5 Å². The predicted octanol–water partition coefficient (Wildman–Crippen LogP) is 2.07. The molecule has 0 saturated carbocycles. The molecule has 4 rings (SSSR count). The molecule has 2 aromatic rings. The number of hydrogen-bond donors (Lipinski definition) is 0. The van der Waals surface area contributed by atoms with Crippen LogP contribution in [0.4, 0.5) is 10.2 Å². The zero-order chi connectivity index (χ0) is 18.0. The van der Waals surface area contributed by atoms with Gasteiger partial charge in [-0.2, -0.15) is 0 Å². The smallest absolute Gasteiger partial charge is 0.165 e. The average molecular weight is 359 g/mol. The van der Waals surface area contributed by atoms with Crippen molar-refractivity contribution in [2.45, 2.75) is 19.4 Å². The number of pyridine rings is 1. The first-order valence-electron chi connectivity index (χ1n) is 9.27. The number of nitrogens with zero attached hydrogens (tertiary/aromatic N) is 5. The van der Waals surface area contributed by atoms with Gasteiger partial charge < -0.3 is 14.2 Å². The number of hydrogen-bond acceptors (Lipinski definition) is 5. The van der Waals surface area contributed by atoms with E-state index in [-0.39, 0.29) is 11.2 Å². The summed E-state index contributed by atoms with van der Waals surface area (Å²) in [5, 5.41) is 0. The molecule has 0 radical (unpaired) electrons. The fourth-order valence-electron chi connectivity index (χ4n) is 4.22. The van der Waals surface area contributed by atoms with Crippen LogP contribution in [0.15, 0.2) is 30.7 Å². The number of likely N-dealkylation sites (tertiary alicyclic amines) is 1. The molecule has 0 amide bonds. The second kappa shape index (κ2) is 7.32. The molecule has 0 bridgehead atoms. The third-order valence-corrected chi connectivity index (χ3v) is 5.51. The van der Waals surface area contributed by atoms with Crippen LogP contribution in [-0.2, 0) is 18.3 Å². The highest BCUT2D eigenvalue weighted by atomic mass is 19.1. The summed E-state index contributed by atoms with van der Waals surface area (Å²) < 4.78 is 22.3. The third-order valence-electron chi connectivity index (χ3n) is 5.51. The monoisotopic (exact) mass is 359 g/mol. The van der Waals surface area contributed by atoms with Crippen LogP contribution < -0.4 is 4.90 Å². The maximum Gasteiger partial charge on any atom is 0.165 e. The molecule has 1 unspecified atom stereocenters. The predicted molar refractivity (Wildman–Crippen MR) is 97.4 cm³/mol. The zero-order valence-corrected chi connectivity index (χ0v) is 15.3. The lowest BCUT2D eigenvalue weighted by molar-refractivity contribution is 0.00965. The molecule has 7 heteroatoms. The van der Waals surface area contributed by atoms with Crippen molar-refractivity contribution >= 4 is 5.82 Å². The molecule has 1 spiro atoms. The molecule has 0 aliphatic carbocycles. The Kier molecular flexibility index (Phi) is 4.91. The van der Waals surface area contributed by atoms with Crippen molar-refractivity contribution in [3.05, 3.63) is 42.4 Å². The van der Waals surface area contributed by atoms with E-state index in [9.17, 15) is 4.39 Å². The highest BCUT2D eigenvalue weighted by molar-refractivity contribution is 5.40. The zero-order valence-electron chi connectivity index (χ0n) is 15.3. The number of aryl methyl sites for hydroxylation is 1. The largest absolute Gasteiger partial charge is 0.379 e. The topological polar surface area (TPSA) is 46.4 Å². The molecule has 0 N–H and O–H groups in total. The van der Waals surface area contributed by atoms with Crippen LogP contribution in [0.3, 0.4) is 0 Å². The lowest BCUT2D eigenvalue weighted by atomic mass is 9.80. The SMILES string of the molecule is Cn1ccnc1CN1CCCC2(COCCN(c3ncccc3F)C2)C1. The molecular weight excluding hydrogens is 333 g/mol. The lowest BCUT2D eigenvalue weighted by Crippen LogP contribution is -2.50. The van der Waals surface area contributed by atoms with Gasteiger partial charge >= 0.3 is 0 Å². The molecule has 26 heavy (non-hydrogen) atoms. The fraction of sp³-hybridized carbons (Fsp3) is 0.579. The minimum atomic E-state index is -0.259. The normalized spacial score (nSPS) is 24.8. The molecule has 2 aliphatic rings. The summed E-state index contributed by atoms with van der Waals surface area (Å²) in [6, 6.07) is 3.12. The van der Waals surface area contributed by atoms with Crippen molar-refractivity contribution in [2.75, 3.05) is 44.3 Å². The second-order valence-electron chi connectivity index (χ2n) is 7.55. The van der Waals surface area contributed by atoms with Crippen molar-refractivity contribution < 1.29 is 9.13 Å². The van der Waals surface area contributed by atoms with E-state index in [2.05, 4.69) is 24.3 Å². The summed E-state index contributed by atoms with van der Waals surface area (Å²) in [4.78, 5) is 13.3. The van der Waals surface area contributed by atoms with E-state index in [1.54, 1.807) is 12.3 Å². The quantitative estimate of drug-likeness (QED) is 0.840. The van der Waals surface area contributed by atoms with E-state index in [1.807, 2.05) is 19.4 Å². The highest BCUT2D eigenvalue weighted by Gasteiger charge is 2.39. The Labute approximate surface area is 153 Å². The lowest BCUT2D eigenvalue weighted by Gasteiger charge is -2.43. The van der Waals surface area contributed by atoms with Gasteiger partial charge in [-0.15, -0.1) is 0 Å². The van der Waals surface area contributed by atoms with Crippen LogP contribution in [0, 0.1) is 11.2 Å². The molecule has 1 atom stereocenters. The van der Waals surface area contributed by atoms with Crippen LogP contribution in [-0.4, -0.2) is 58.8 Å². The Hall–Kier alpha value is -1.99. The van der Waals surface area contributed by atoms with Crippen LogP contribution in [0.2, 0.25) is 0 Å². The first kappa shape index (κ1) is 17.4. The Balaban J connectivity index is 1.52. The number of imidazole rings is 1. The molecular formula is C19H26FN5O. The maximum absolute atomic E-state index is 14.3. The van der Waals surface area contributed by atoms with Gasteiger partial charge in [-0.25, -0.2) is 14.4 Å². The molecule has 2 aliphatic heterocycles. The van der Waals surface area contributed by atoms with E-state index in [4.69, 9.17) is 4.74 Å². The van der Waals surface area contributed by atoms with Crippen LogP contribution in [0.1, 0.15) is 18.7 Å². The van der Waals surface area contributed by atoms with Gasteiger partial charge in [-0.3, -0.25) is 4.90 Å². The molecule has 2 fully saturated rings. The van der Waals surface area contributed by atoms with Gasteiger partial charge in [0.1, 0.15) is 5.82 Å². The van der Waals surface area contributed by atoms with Crippen molar-refractivity contribution in [1.29, 1.82) is 0 Å². The number of piperidine rings is 1. The van der Waals surface area contributed by atoms with Gasteiger partial charge in [0.15, 0.2) is 11.6 Å². The van der Waals surface area contributed by atoms with E-state index in [1.165, 1.54) is 6.07 Å². The van der Waals surface area contributed by atoms with Crippen molar-refractivity contribution in [3.63, 3.8) is 0 Å². The minimum absolute atomic E-state index is 0.00384. The van der Waals surface area contributed by atoms with Crippen LogP contribution >= 0.6 is 0 Å². The molecule has 2 saturated heterocycles. The molecule has 0 aromatic carbocycles. The summed E-state index contributed by atoms with van der Waals surface area (Å²) in [6.45, 7) is 5.61. The van der Waals surface area contributed by atoms with Gasteiger partial charge in [-0.1, -0.05) is 0 Å². The molecule has 6 nitrogen and oxygen atoms in total. The first-order valence-corrected chi connectivity index (χ1v) is 9.27. The minimum Gasteiger partial charge on any atom is -0.379 e.